The SMILES string of the molecule is N#CCCN(C(=O)CN1CCN(Cc2ccco2)CC1)c1ccccc1F. The summed E-state index contributed by atoms with van der Waals surface area (Å²) >= 11 is 0. The highest BCUT2D eigenvalue weighted by Gasteiger charge is 2.24. The van der Waals surface area contributed by atoms with Crippen molar-refractivity contribution in [1.82, 2.24) is 9.80 Å². The van der Waals surface area contributed by atoms with E-state index in [9.17, 15) is 9.18 Å². The van der Waals surface area contributed by atoms with Crippen LogP contribution < -0.4 is 4.90 Å². The van der Waals surface area contributed by atoms with Crippen molar-refractivity contribution in [3.63, 3.8) is 0 Å². The van der Waals surface area contributed by atoms with Gasteiger partial charge < -0.3 is 9.32 Å². The van der Waals surface area contributed by atoms with Crippen LogP contribution in [-0.4, -0.2) is 55.0 Å². The minimum absolute atomic E-state index is 0.164. The Balaban J connectivity index is 1.56. The third-order valence-electron chi connectivity index (χ3n) is 4.67. The number of carbonyl (C=O) groups excluding carboxylic acids is 1. The Morgan fingerprint density at radius 2 is 1.89 bits per heavy atom. The number of nitriles is 1. The summed E-state index contributed by atoms with van der Waals surface area (Å²) in [5.74, 6) is 0.295. The van der Waals surface area contributed by atoms with Gasteiger partial charge in [-0.2, -0.15) is 5.26 Å². The highest BCUT2D eigenvalue weighted by molar-refractivity contribution is 5.94. The fourth-order valence-electron chi connectivity index (χ4n) is 3.22. The van der Waals surface area contributed by atoms with E-state index < -0.39 is 5.82 Å². The molecule has 7 heteroatoms. The average molecular weight is 370 g/mol. The van der Waals surface area contributed by atoms with Gasteiger partial charge in [0.15, 0.2) is 0 Å². The van der Waals surface area contributed by atoms with Gasteiger partial charge in [0.25, 0.3) is 0 Å². The molecule has 1 aliphatic rings. The summed E-state index contributed by atoms with van der Waals surface area (Å²) < 4.78 is 19.5. The quantitative estimate of drug-likeness (QED) is 0.749. The standard InChI is InChI=1S/C20H23FN4O2/c21-18-6-1-2-7-19(18)25(9-4-8-22)20(26)16-24-12-10-23(11-13-24)15-17-5-3-14-27-17/h1-3,5-7,14H,4,9-13,15-16H2. The van der Waals surface area contributed by atoms with Gasteiger partial charge in [-0.05, 0) is 24.3 Å². The number of benzene rings is 1. The van der Waals surface area contributed by atoms with Crippen molar-refractivity contribution < 1.29 is 13.6 Å². The first-order valence-corrected chi connectivity index (χ1v) is 9.06. The van der Waals surface area contributed by atoms with Crippen LogP contribution in [0, 0.1) is 17.1 Å². The minimum Gasteiger partial charge on any atom is -0.468 e. The predicted octanol–water partition coefficient (Wildman–Crippen LogP) is 2.48. The summed E-state index contributed by atoms with van der Waals surface area (Å²) in [6, 6.07) is 12.0. The number of nitrogens with zero attached hydrogens (tertiary/aromatic N) is 4. The van der Waals surface area contributed by atoms with E-state index in [0.717, 1.165) is 38.5 Å². The molecular formula is C20H23FN4O2. The molecule has 1 saturated heterocycles. The van der Waals surface area contributed by atoms with Crippen LogP contribution >= 0.6 is 0 Å². The summed E-state index contributed by atoms with van der Waals surface area (Å²) in [7, 11) is 0. The van der Waals surface area contributed by atoms with E-state index in [0.29, 0.717) is 0 Å². The van der Waals surface area contributed by atoms with Gasteiger partial charge in [-0.3, -0.25) is 14.6 Å². The molecule has 0 bridgehead atoms. The van der Waals surface area contributed by atoms with E-state index >= 15 is 0 Å². The van der Waals surface area contributed by atoms with Gasteiger partial charge in [-0.25, -0.2) is 4.39 Å². The van der Waals surface area contributed by atoms with Crippen LogP contribution in [0.25, 0.3) is 0 Å². The smallest absolute Gasteiger partial charge is 0.241 e. The van der Waals surface area contributed by atoms with E-state index in [1.165, 1.54) is 11.0 Å². The number of hydrogen-bond acceptors (Lipinski definition) is 5. The van der Waals surface area contributed by atoms with Gasteiger partial charge in [0.05, 0.1) is 37.5 Å². The minimum atomic E-state index is -0.452. The molecule has 142 valence electrons. The first kappa shape index (κ1) is 19.1. The van der Waals surface area contributed by atoms with Crippen molar-refractivity contribution in [1.29, 1.82) is 5.26 Å². The molecule has 1 amide bonds. The molecule has 1 aromatic carbocycles. The molecule has 6 nitrogen and oxygen atoms in total. The van der Waals surface area contributed by atoms with E-state index in [4.69, 9.17) is 9.68 Å². The number of anilines is 1. The molecule has 0 atom stereocenters. The van der Waals surface area contributed by atoms with E-state index in [1.54, 1.807) is 24.5 Å². The first-order valence-electron chi connectivity index (χ1n) is 9.06. The lowest BCUT2D eigenvalue weighted by atomic mass is 10.2. The van der Waals surface area contributed by atoms with Gasteiger partial charge in [0, 0.05) is 32.7 Å². The summed E-state index contributed by atoms with van der Waals surface area (Å²) in [5.41, 5.74) is 0.231. The van der Waals surface area contributed by atoms with Crippen LogP contribution in [0.4, 0.5) is 10.1 Å². The summed E-state index contributed by atoms with van der Waals surface area (Å²) in [6.45, 7) is 4.37. The highest BCUT2D eigenvalue weighted by atomic mass is 19.1. The van der Waals surface area contributed by atoms with Crippen LogP contribution in [0.15, 0.2) is 47.1 Å². The van der Waals surface area contributed by atoms with Gasteiger partial charge in [0.1, 0.15) is 11.6 Å². The Hall–Kier alpha value is -2.69. The summed E-state index contributed by atoms with van der Waals surface area (Å²) in [5, 5.41) is 8.86. The number of furan rings is 1. The first-order chi connectivity index (χ1) is 13.2. The van der Waals surface area contributed by atoms with Crippen LogP contribution in [-0.2, 0) is 11.3 Å². The van der Waals surface area contributed by atoms with Crippen molar-refractivity contribution >= 4 is 11.6 Å². The Morgan fingerprint density at radius 1 is 1.15 bits per heavy atom. The third kappa shape index (κ3) is 5.16. The molecule has 0 unspecified atom stereocenters. The molecule has 0 spiro atoms. The number of para-hydroxylation sites is 1. The Morgan fingerprint density at radius 3 is 2.56 bits per heavy atom. The van der Waals surface area contributed by atoms with E-state index in [-0.39, 0.29) is 31.1 Å². The molecule has 1 aromatic heterocycles. The van der Waals surface area contributed by atoms with Gasteiger partial charge >= 0.3 is 0 Å². The van der Waals surface area contributed by atoms with Crippen molar-refractivity contribution in [3.05, 3.63) is 54.2 Å². The summed E-state index contributed by atoms with van der Waals surface area (Å²) in [4.78, 5) is 18.5. The molecule has 2 heterocycles. The summed E-state index contributed by atoms with van der Waals surface area (Å²) in [6.07, 6.45) is 1.83. The van der Waals surface area contributed by atoms with Crippen molar-refractivity contribution in [2.24, 2.45) is 0 Å². The zero-order valence-electron chi connectivity index (χ0n) is 15.2. The Labute approximate surface area is 158 Å². The maximum atomic E-state index is 14.1. The van der Waals surface area contributed by atoms with Crippen molar-refractivity contribution in [2.45, 2.75) is 13.0 Å². The normalized spacial score (nSPS) is 15.4. The molecule has 2 aromatic rings. The maximum absolute atomic E-state index is 14.1. The largest absolute Gasteiger partial charge is 0.468 e. The molecule has 0 radical (unpaired) electrons. The highest BCUT2D eigenvalue weighted by Crippen LogP contribution is 2.20. The molecule has 27 heavy (non-hydrogen) atoms. The number of rotatable bonds is 7. The Kier molecular flexibility index (Phi) is 6.58. The lowest BCUT2D eigenvalue weighted by molar-refractivity contribution is -0.120. The lowest BCUT2D eigenvalue weighted by Crippen LogP contribution is -2.50. The van der Waals surface area contributed by atoms with E-state index in [2.05, 4.69) is 9.80 Å². The number of halogens is 1. The molecule has 0 aliphatic carbocycles. The van der Waals surface area contributed by atoms with Crippen LogP contribution in [0.2, 0.25) is 0 Å². The number of amides is 1. The van der Waals surface area contributed by atoms with Crippen molar-refractivity contribution in [2.75, 3.05) is 44.2 Å². The van der Waals surface area contributed by atoms with Gasteiger partial charge in [0.2, 0.25) is 5.91 Å². The molecule has 1 fully saturated rings. The number of hydrogen-bond donors (Lipinski definition) is 0. The fourth-order valence-corrected chi connectivity index (χ4v) is 3.22. The van der Waals surface area contributed by atoms with Gasteiger partial charge in [-0.15, -0.1) is 0 Å². The van der Waals surface area contributed by atoms with Crippen molar-refractivity contribution in [3.8, 4) is 6.07 Å². The zero-order valence-corrected chi connectivity index (χ0v) is 15.2. The van der Waals surface area contributed by atoms with E-state index in [1.807, 2.05) is 18.2 Å². The molecule has 3 rings (SSSR count). The monoisotopic (exact) mass is 370 g/mol. The molecule has 0 N–H and O–H groups in total. The maximum Gasteiger partial charge on any atom is 0.241 e. The Bertz CT molecular complexity index is 780. The second-order valence-corrected chi connectivity index (χ2v) is 6.54. The van der Waals surface area contributed by atoms with Crippen LogP contribution in [0.1, 0.15) is 12.2 Å². The van der Waals surface area contributed by atoms with Crippen LogP contribution in [0.5, 0.6) is 0 Å². The average Bonchev–Trinajstić information content (AvgIpc) is 3.18. The topological polar surface area (TPSA) is 63.7 Å². The van der Waals surface area contributed by atoms with Crippen LogP contribution in [0.3, 0.4) is 0 Å². The zero-order chi connectivity index (χ0) is 19.1. The third-order valence-corrected chi connectivity index (χ3v) is 4.67. The molecule has 0 saturated carbocycles. The number of piperazine rings is 1. The lowest BCUT2D eigenvalue weighted by Gasteiger charge is -2.35. The second-order valence-electron chi connectivity index (χ2n) is 6.54. The molecular weight excluding hydrogens is 347 g/mol. The molecule has 1 aliphatic heterocycles. The predicted molar refractivity (Wildman–Crippen MR) is 99.4 cm³/mol. The second kappa shape index (κ2) is 9.31. The van der Waals surface area contributed by atoms with Gasteiger partial charge in [-0.1, -0.05) is 12.1 Å². The number of carbonyl (C=O) groups is 1. The fraction of sp³-hybridized carbons (Fsp3) is 0.400.